The van der Waals surface area contributed by atoms with Gasteiger partial charge >= 0.3 is 55.6 Å². The smallest absolute Gasteiger partial charge is 0 e. The Labute approximate surface area is 177 Å². The fourth-order valence-corrected chi connectivity index (χ4v) is 0. The van der Waals surface area contributed by atoms with Crippen LogP contribution in [0.3, 0.4) is 0 Å². The molecule has 0 saturated carbocycles. The van der Waals surface area contributed by atoms with Gasteiger partial charge in [-0.15, -0.1) is 0 Å². The molecule has 0 atom stereocenters. The molecule has 0 spiro atoms. The van der Waals surface area contributed by atoms with Crippen LogP contribution in [0, 0.1) is 0 Å². The zero-order valence-electron chi connectivity index (χ0n) is 11.4. The Balaban J connectivity index is -0.0000000375. The van der Waals surface area contributed by atoms with E-state index in [-0.39, 0.29) is 91.3 Å². The SMILES string of the molecule is C=C(C)C(=O)O.C=C(C)C(=O)O.C=C(C)C(=O)O.[AlH3].[CaH2].[Zn]. The van der Waals surface area contributed by atoms with Crippen LogP contribution in [0.15, 0.2) is 36.5 Å². The van der Waals surface area contributed by atoms with Gasteiger partial charge in [0.05, 0.1) is 0 Å². The minimum Gasteiger partial charge on any atom is 0 e. The Morgan fingerprint density at radius 2 is 0.714 bits per heavy atom. The Morgan fingerprint density at radius 1 is 0.667 bits per heavy atom. The van der Waals surface area contributed by atoms with E-state index in [1.807, 2.05) is 0 Å². The molecule has 0 aliphatic rings. The largest absolute Gasteiger partial charge is 0 e. The van der Waals surface area contributed by atoms with Gasteiger partial charge in [-0.25, -0.2) is 14.4 Å². The van der Waals surface area contributed by atoms with Crippen molar-refractivity contribution in [3.63, 3.8) is 0 Å². The molecular formula is C12H23AlCaO6Zn. The second kappa shape index (κ2) is 22.3. The predicted molar refractivity (Wildman–Crippen MR) is 85.8 cm³/mol. The zero-order chi connectivity index (χ0) is 15.5. The van der Waals surface area contributed by atoms with Gasteiger partial charge in [0.25, 0.3) is 0 Å². The van der Waals surface area contributed by atoms with Gasteiger partial charge in [0, 0.05) is 36.2 Å². The molecule has 3 N–H and O–H groups in total. The van der Waals surface area contributed by atoms with Crippen molar-refractivity contribution in [3.8, 4) is 0 Å². The second-order valence-electron chi connectivity index (χ2n) is 3.26. The Hall–Kier alpha value is 0.0456. The molecule has 114 valence electrons. The maximum atomic E-state index is 9.60. The summed E-state index contributed by atoms with van der Waals surface area (Å²) >= 11 is 0. The van der Waals surface area contributed by atoms with Crippen LogP contribution in [-0.4, -0.2) is 88.3 Å². The van der Waals surface area contributed by atoms with Gasteiger partial charge in [0.2, 0.25) is 0 Å². The molecule has 0 fully saturated rings. The molecule has 9 heteroatoms. The third-order valence-corrected chi connectivity index (χ3v) is 1.10. The standard InChI is InChI=1S/3C4H6O2.Al.Ca.Zn.5H/c3*1-3(2)4(5)6;;;;;;;;/h3*1H2,2H3,(H,5,6);;;;;;;;. The summed E-state index contributed by atoms with van der Waals surface area (Å²) in [4.78, 5) is 28.8. The minimum absolute atomic E-state index is 0. The van der Waals surface area contributed by atoms with E-state index in [1.165, 1.54) is 20.8 Å². The van der Waals surface area contributed by atoms with Gasteiger partial charge in [-0.1, -0.05) is 19.7 Å². The number of aliphatic carboxylic acids is 3. The van der Waals surface area contributed by atoms with Gasteiger partial charge < -0.3 is 15.3 Å². The van der Waals surface area contributed by atoms with Crippen LogP contribution in [0.5, 0.6) is 0 Å². The van der Waals surface area contributed by atoms with Crippen molar-refractivity contribution in [1.82, 2.24) is 0 Å². The number of carboxylic acids is 3. The molecule has 0 radical (unpaired) electrons. The van der Waals surface area contributed by atoms with E-state index in [1.54, 1.807) is 0 Å². The van der Waals surface area contributed by atoms with Crippen LogP contribution >= 0.6 is 0 Å². The van der Waals surface area contributed by atoms with Gasteiger partial charge in [-0.2, -0.15) is 0 Å². The van der Waals surface area contributed by atoms with E-state index in [4.69, 9.17) is 15.3 Å². The second-order valence-corrected chi connectivity index (χ2v) is 3.26. The number of hydrogen-bond donors (Lipinski definition) is 3. The molecule has 0 aliphatic heterocycles. The summed E-state index contributed by atoms with van der Waals surface area (Å²) < 4.78 is 0. The van der Waals surface area contributed by atoms with Crippen molar-refractivity contribution in [2.24, 2.45) is 0 Å². The summed E-state index contributed by atoms with van der Waals surface area (Å²) in [5.74, 6) is -2.81. The monoisotopic (exact) mass is 394 g/mol. The molecule has 0 aromatic heterocycles. The van der Waals surface area contributed by atoms with Crippen molar-refractivity contribution < 1.29 is 49.2 Å². The number of carboxylic acid groups (broad SMARTS) is 3. The topological polar surface area (TPSA) is 112 Å². The molecule has 21 heavy (non-hydrogen) atoms. The maximum absolute atomic E-state index is 9.60. The van der Waals surface area contributed by atoms with Gasteiger partial charge in [-0.3, -0.25) is 0 Å². The molecule has 0 amide bonds. The molecule has 6 nitrogen and oxygen atoms in total. The molecule has 0 aliphatic carbocycles. The molecule has 0 unspecified atom stereocenters. The van der Waals surface area contributed by atoms with E-state index in [9.17, 15) is 14.4 Å². The van der Waals surface area contributed by atoms with Crippen LogP contribution in [0.2, 0.25) is 0 Å². The molecule has 0 heterocycles. The first-order valence-corrected chi connectivity index (χ1v) is 4.59. The van der Waals surface area contributed by atoms with Crippen LogP contribution in [0.4, 0.5) is 0 Å². The maximum Gasteiger partial charge on any atom is 0 e. The fraction of sp³-hybridized carbons (Fsp3) is 0.250. The van der Waals surface area contributed by atoms with Crippen LogP contribution in [-0.2, 0) is 33.9 Å². The first-order chi connectivity index (χ1) is 7.93. The normalized spacial score (nSPS) is 6.43. The van der Waals surface area contributed by atoms with E-state index >= 15 is 0 Å². The summed E-state index contributed by atoms with van der Waals surface area (Å²) in [5.41, 5.74) is 0.528. The van der Waals surface area contributed by atoms with Gasteiger partial charge in [0.15, 0.2) is 17.4 Å². The average Bonchev–Trinajstić information content (AvgIpc) is 2.18. The van der Waals surface area contributed by atoms with Crippen molar-refractivity contribution in [1.29, 1.82) is 0 Å². The van der Waals surface area contributed by atoms with Crippen LogP contribution < -0.4 is 0 Å². The number of carbonyl (C=O) groups is 3. The fourth-order valence-electron chi connectivity index (χ4n) is 0. The summed E-state index contributed by atoms with van der Waals surface area (Å²) in [5, 5.41) is 23.7. The molecule has 0 rings (SSSR count). The molecule has 0 bridgehead atoms. The van der Waals surface area contributed by atoms with Gasteiger partial charge in [0.1, 0.15) is 0 Å². The first kappa shape index (κ1) is 37.4. The molecule has 0 saturated heterocycles. The third-order valence-electron chi connectivity index (χ3n) is 1.10. The summed E-state index contributed by atoms with van der Waals surface area (Å²) in [6.07, 6.45) is 0. The first-order valence-electron chi connectivity index (χ1n) is 4.59. The van der Waals surface area contributed by atoms with E-state index < -0.39 is 17.9 Å². The molecule has 0 aromatic rings. The summed E-state index contributed by atoms with van der Waals surface area (Å²) in [6, 6.07) is 0. The number of rotatable bonds is 3. The third kappa shape index (κ3) is 45.0. The van der Waals surface area contributed by atoms with Crippen molar-refractivity contribution in [2.45, 2.75) is 20.8 Å². The van der Waals surface area contributed by atoms with Crippen LogP contribution in [0.25, 0.3) is 0 Å². The van der Waals surface area contributed by atoms with Gasteiger partial charge in [-0.05, 0) is 20.8 Å². The average molecular weight is 396 g/mol. The van der Waals surface area contributed by atoms with Crippen molar-refractivity contribution in [3.05, 3.63) is 36.5 Å². The summed E-state index contributed by atoms with van der Waals surface area (Å²) in [7, 11) is 0. The molecule has 0 aromatic carbocycles. The van der Waals surface area contributed by atoms with E-state index in [0.717, 1.165) is 0 Å². The minimum atomic E-state index is -0.935. The Morgan fingerprint density at radius 3 is 0.714 bits per heavy atom. The van der Waals surface area contributed by atoms with E-state index in [2.05, 4.69) is 19.7 Å². The zero-order valence-corrected chi connectivity index (χ0v) is 14.4. The van der Waals surface area contributed by atoms with Crippen molar-refractivity contribution in [2.75, 3.05) is 0 Å². The molecular weight excluding hydrogens is 373 g/mol. The van der Waals surface area contributed by atoms with E-state index in [0.29, 0.717) is 0 Å². The quantitative estimate of drug-likeness (QED) is 0.452. The Bertz CT molecular complexity index is 289. The van der Waals surface area contributed by atoms with Crippen LogP contribution in [0.1, 0.15) is 20.8 Å². The number of hydrogen-bond acceptors (Lipinski definition) is 3. The van der Waals surface area contributed by atoms with Crippen molar-refractivity contribution >= 4 is 73.0 Å². The predicted octanol–water partition coefficient (Wildman–Crippen LogP) is -0.161. The summed E-state index contributed by atoms with van der Waals surface area (Å²) in [6.45, 7) is 13.8. The Kier molecular flexibility index (Phi) is 39.7.